The van der Waals surface area contributed by atoms with Crippen molar-refractivity contribution in [2.24, 2.45) is 0 Å². The van der Waals surface area contributed by atoms with E-state index in [-0.39, 0.29) is 6.04 Å². The van der Waals surface area contributed by atoms with Crippen LogP contribution in [0.3, 0.4) is 0 Å². The van der Waals surface area contributed by atoms with Crippen LogP contribution >= 0.6 is 0 Å². The second-order valence-electron chi connectivity index (χ2n) is 5.09. The fraction of sp³-hybridized carbons (Fsp3) is 0.412. The van der Waals surface area contributed by atoms with Crippen LogP contribution in [-0.4, -0.2) is 13.7 Å². The molecule has 2 aromatic rings. The highest BCUT2D eigenvalue weighted by atomic mass is 16.5. The molecule has 108 valence electrons. The monoisotopic (exact) mass is 273 g/mol. The summed E-state index contributed by atoms with van der Waals surface area (Å²) in [4.78, 5) is 0. The van der Waals surface area contributed by atoms with Gasteiger partial charge in [0.2, 0.25) is 0 Å². The Balaban J connectivity index is 2.43. The summed E-state index contributed by atoms with van der Waals surface area (Å²) in [5.74, 6) is 2.84. The smallest absolute Gasteiger partial charge is 0.121 e. The van der Waals surface area contributed by atoms with Gasteiger partial charge in [0.05, 0.1) is 13.2 Å². The fourth-order valence-corrected chi connectivity index (χ4v) is 2.63. The number of hydrogen-bond acceptors (Lipinski definition) is 3. The Labute approximate surface area is 121 Å². The van der Waals surface area contributed by atoms with E-state index in [0.717, 1.165) is 29.4 Å². The molecule has 1 unspecified atom stereocenters. The van der Waals surface area contributed by atoms with Crippen LogP contribution in [0.1, 0.15) is 41.2 Å². The maximum atomic E-state index is 5.67. The maximum Gasteiger partial charge on any atom is 0.121 e. The molecule has 20 heavy (non-hydrogen) atoms. The van der Waals surface area contributed by atoms with Gasteiger partial charge in [-0.2, -0.15) is 0 Å². The summed E-state index contributed by atoms with van der Waals surface area (Å²) in [7, 11) is 1.70. The minimum absolute atomic E-state index is 0.155. The van der Waals surface area contributed by atoms with Gasteiger partial charge >= 0.3 is 0 Å². The molecule has 1 heterocycles. The summed E-state index contributed by atoms with van der Waals surface area (Å²) in [6.07, 6.45) is 0. The number of furan rings is 1. The molecule has 3 nitrogen and oxygen atoms in total. The first kappa shape index (κ1) is 14.7. The van der Waals surface area contributed by atoms with Crippen LogP contribution in [0.15, 0.2) is 28.7 Å². The predicted molar refractivity (Wildman–Crippen MR) is 81.4 cm³/mol. The lowest BCUT2D eigenvalue weighted by molar-refractivity contribution is 0.411. The summed E-state index contributed by atoms with van der Waals surface area (Å²) in [5.41, 5.74) is 3.58. The molecule has 0 fully saturated rings. The van der Waals surface area contributed by atoms with Crippen LogP contribution in [0.2, 0.25) is 0 Å². The molecule has 0 aliphatic rings. The summed E-state index contributed by atoms with van der Waals surface area (Å²) < 4.78 is 11.0. The minimum Gasteiger partial charge on any atom is -0.496 e. The van der Waals surface area contributed by atoms with Gasteiger partial charge in [-0.05, 0) is 50.6 Å². The number of nitrogens with one attached hydrogen (secondary N) is 1. The van der Waals surface area contributed by atoms with Crippen molar-refractivity contribution in [1.82, 2.24) is 5.32 Å². The van der Waals surface area contributed by atoms with Crippen LogP contribution in [0, 0.1) is 20.8 Å². The molecule has 1 aromatic carbocycles. The molecule has 0 spiro atoms. The van der Waals surface area contributed by atoms with E-state index in [4.69, 9.17) is 9.15 Å². The lowest BCUT2D eigenvalue weighted by atomic mass is 9.97. The third-order valence-electron chi connectivity index (χ3n) is 3.55. The average molecular weight is 273 g/mol. The van der Waals surface area contributed by atoms with Gasteiger partial charge in [0.1, 0.15) is 17.3 Å². The molecule has 0 saturated heterocycles. The molecule has 3 heteroatoms. The van der Waals surface area contributed by atoms with Gasteiger partial charge in [-0.1, -0.05) is 19.1 Å². The highest BCUT2D eigenvalue weighted by Crippen LogP contribution is 2.30. The van der Waals surface area contributed by atoms with Crippen molar-refractivity contribution in [3.8, 4) is 5.75 Å². The molecule has 0 aliphatic carbocycles. The summed E-state index contributed by atoms with van der Waals surface area (Å²) in [6.45, 7) is 9.09. The molecule has 0 radical (unpaired) electrons. The molecular weight excluding hydrogens is 250 g/mol. The zero-order valence-corrected chi connectivity index (χ0v) is 12.9. The Bertz CT molecular complexity index is 587. The van der Waals surface area contributed by atoms with E-state index in [0.29, 0.717) is 0 Å². The number of methoxy groups -OCH3 is 1. The van der Waals surface area contributed by atoms with Crippen molar-refractivity contribution < 1.29 is 9.15 Å². The fourth-order valence-electron chi connectivity index (χ4n) is 2.63. The molecular formula is C17H23NO2. The van der Waals surface area contributed by atoms with Crippen LogP contribution in [0.4, 0.5) is 0 Å². The summed E-state index contributed by atoms with van der Waals surface area (Å²) in [6, 6.07) is 8.58. The average Bonchev–Trinajstić information content (AvgIpc) is 2.74. The third kappa shape index (κ3) is 2.88. The highest BCUT2D eigenvalue weighted by molar-refractivity contribution is 5.41. The Morgan fingerprint density at radius 3 is 2.45 bits per heavy atom. The van der Waals surface area contributed by atoms with Crippen molar-refractivity contribution in [2.45, 2.75) is 33.7 Å². The summed E-state index contributed by atoms with van der Waals surface area (Å²) in [5, 5.41) is 3.53. The number of rotatable bonds is 5. The zero-order chi connectivity index (χ0) is 14.7. The van der Waals surface area contributed by atoms with Crippen LogP contribution in [0.5, 0.6) is 5.75 Å². The first-order chi connectivity index (χ1) is 9.56. The topological polar surface area (TPSA) is 34.4 Å². The van der Waals surface area contributed by atoms with Crippen molar-refractivity contribution in [3.05, 3.63) is 52.5 Å². The molecule has 0 bridgehead atoms. The Kier molecular flexibility index (Phi) is 4.50. The van der Waals surface area contributed by atoms with E-state index in [1.165, 1.54) is 11.1 Å². The Hall–Kier alpha value is -1.74. The Morgan fingerprint density at radius 2 is 1.95 bits per heavy atom. The molecule has 2 rings (SSSR count). The number of aryl methyl sites for hydroxylation is 3. The van der Waals surface area contributed by atoms with Crippen molar-refractivity contribution in [3.63, 3.8) is 0 Å². The molecule has 0 saturated carbocycles. The van der Waals surface area contributed by atoms with E-state index in [9.17, 15) is 0 Å². The highest BCUT2D eigenvalue weighted by Gasteiger charge is 2.19. The number of ether oxygens (including phenoxy) is 1. The van der Waals surface area contributed by atoms with Gasteiger partial charge in [-0.3, -0.25) is 0 Å². The van der Waals surface area contributed by atoms with Crippen molar-refractivity contribution in [1.29, 1.82) is 0 Å². The van der Waals surface area contributed by atoms with Crippen LogP contribution < -0.4 is 10.1 Å². The SMILES string of the molecule is CCNC(c1ccc(OC)c(C)c1)c1cc(C)oc1C. The largest absolute Gasteiger partial charge is 0.496 e. The second kappa shape index (κ2) is 6.14. The summed E-state index contributed by atoms with van der Waals surface area (Å²) >= 11 is 0. The number of hydrogen-bond donors (Lipinski definition) is 1. The molecule has 1 N–H and O–H groups in total. The first-order valence-corrected chi connectivity index (χ1v) is 7.01. The van der Waals surface area contributed by atoms with Gasteiger partial charge in [-0.15, -0.1) is 0 Å². The van der Waals surface area contributed by atoms with Crippen LogP contribution in [0.25, 0.3) is 0 Å². The van der Waals surface area contributed by atoms with Gasteiger partial charge in [0.15, 0.2) is 0 Å². The minimum atomic E-state index is 0.155. The van der Waals surface area contributed by atoms with Gasteiger partial charge < -0.3 is 14.5 Å². The van der Waals surface area contributed by atoms with E-state index < -0.39 is 0 Å². The quantitative estimate of drug-likeness (QED) is 0.896. The second-order valence-corrected chi connectivity index (χ2v) is 5.09. The lowest BCUT2D eigenvalue weighted by Gasteiger charge is -2.19. The predicted octanol–water partition coefficient (Wildman–Crippen LogP) is 3.91. The zero-order valence-electron chi connectivity index (χ0n) is 12.9. The van der Waals surface area contributed by atoms with Gasteiger partial charge in [0, 0.05) is 5.56 Å². The van der Waals surface area contributed by atoms with Crippen molar-refractivity contribution >= 4 is 0 Å². The Morgan fingerprint density at radius 1 is 1.20 bits per heavy atom. The van der Waals surface area contributed by atoms with Gasteiger partial charge in [-0.25, -0.2) is 0 Å². The number of benzene rings is 1. The van der Waals surface area contributed by atoms with E-state index in [2.05, 4.69) is 37.4 Å². The first-order valence-electron chi connectivity index (χ1n) is 7.01. The molecule has 1 atom stereocenters. The van der Waals surface area contributed by atoms with E-state index in [1.807, 2.05) is 19.9 Å². The molecule has 0 amide bonds. The molecule has 1 aromatic heterocycles. The lowest BCUT2D eigenvalue weighted by Crippen LogP contribution is -2.22. The normalized spacial score (nSPS) is 12.4. The maximum absolute atomic E-state index is 5.67. The van der Waals surface area contributed by atoms with E-state index in [1.54, 1.807) is 7.11 Å². The third-order valence-corrected chi connectivity index (χ3v) is 3.55. The standard InChI is InChI=1S/C17H23NO2/c1-6-18-17(15-10-12(3)20-13(15)4)14-7-8-16(19-5)11(2)9-14/h7-10,17-18H,6H2,1-5H3. The van der Waals surface area contributed by atoms with Crippen molar-refractivity contribution in [2.75, 3.05) is 13.7 Å². The van der Waals surface area contributed by atoms with E-state index >= 15 is 0 Å². The van der Waals surface area contributed by atoms with Crippen LogP contribution in [-0.2, 0) is 0 Å². The molecule has 0 aliphatic heterocycles. The van der Waals surface area contributed by atoms with Gasteiger partial charge in [0.25, 0.3) is 0 Å².